The molecule has 0 radical (unpaired) electrons. The summed E-state index contributed by atoms with van der Waals surface area (Å²) in [4.78, 5) is 44.2. The van der Waals surface area contributed by atoms with Crippen LogP contribution in [0.1, 0.15) is 39.5 Å². The minimum absolute atomic E-state index is 0.0391. The van der Waals surface area contributed by atoms with Gasteiger partial charge in [0.1, 0.15) is 0 Å². The number of nitrogens with one attached hydrogen (secondary N) is 2. The van der Waals surface area contributed by atoms with Gasteiger partial charge in [0.25, 0.3) is 0 Å². The van der Waals surface area contributed by atoms with Crippen molar-refractivity contribution in [3.8, 4) is 0 Å². The molecule has 0 bridgehead atoms. The molecular formula is C13H22N2O6. The highest BCUT2D eigenvalue weighted by Gasteiger charge is 2.14. The number of carbonyl (C=O) groups excluding carboxylic acids is 3. The number of hydrogen-bond acceptors (Lipinski definition) is 5. The molecule has 120 valence electrons. The molecule has 3 N–H and O–H groups in total. The molecule has 0 aromatic carbocycles. The number of urea groups is 1. The summed E-state index contributed by atoms with van der Waals surface area (Å²) in [7, 11) is 0. The molecule has 0 aliphatic heterocycles. The molecule has 0 aromatic rings. The normalized spacial score (nSPS) is 11.3. The molecule has 8 heteroatoms. The van der Waals surface area contributed by atoms with Crippen molar-refractivity contribution < 1.29 is 29.0 Å². The van der Waals surface area contributed by atoms with Crippen LogP contribution in [-0.2, 0) is 19.1 Å². The van der Waals surface area contributed by atoms with Gasteiger partial charge in [-0.1, -0.05) is 6.92 Å². The summed E-state index contributed by atoms with van der Waals surface area (Å²) >= 11 is 0. The van der Waals surface area contributed by atoms with Gasteiger partial charge in [0.15, 0.2) is 0 Å². The van der Waals surface area contributed by atoms with Crippen molar-refractivity contribution in [1.29, 1.82) is 0 Å². The Bertz CT molecular complexity index is 383. The molecule has 0 heterocycles. The average molecular weight is 302 g/mol. The zero-order chi connectivity index (χ0) is 16.3. The predicted molar refractivity (Wildman–Crippen MR) is 73.4 cm³/mol. The molecule has 0 spiro atoms. The Hall–Kier alpha value is -2.12. The van der Waals surface area contributed by atoms with Crippen molar-refractivity contribution in [3.63, 3.8) is 0 Å². The van der Waals surface area contributed by atoms with Crippen LogP contribution in [0.5, 0.6) is 0 Å². The summed E-state index contributed by atoms with van der Waals surface area (Å²) < 4.78 is 4.72. The van der Waals surface area contributed by atoms with Crippen molar-refractivity contribution in [2.24, 2.45) is 5.92 Å². The zero-order valence-electron chi connectivity index (χ0n) is 12.3. The number of esters is 1. The van der Waals surface area contributed by atoms with Crippen molar-refractivity contribution in [3.05, 3.63) is 0 Å². The molecule has 0 saturated heterocycles. The highest BCUT2D eigenvalue weighted by atomic mass is 16.5. The number of rotatable bonds is 9. The van der Waals surface area contributed by atoms with E-state index >= 15 is 0 Å². The smallest absolute Gasteiger partial charge is 0.321 e. The van der Waals surface area contributed by atoms with E-state index in [1.165, 1.54) is 0 Å². The monoisotopic (exact) mass is 302 g/mol. The van der Waals surface area contributed by atoms with Crippen LogP contribution in [0, 0.1) is 5.92 Å². The SMILES string of the molecule is CCOC(=O)CCCNC(=O)NC(=O)CC(C)CC(=O)O. The molecule has 1 unspecified atom stereocenters. The molecular weight excluding hydrogens is 280 g/mol. The third kappa shape index (κ3) is 11.4. The van der Waals surface area contributed by atoms with Crippen LogP contribution in [0.3, 0.4) is 0 Å². The van der Waals surface area contributed by atoms with Crippen molar-refractivity contribution in [1.82, 2.24) is 10.6 Å². The van der Waals surface area contributed by atoms with Crippen molar-refractivity contribution in [2.75, 3.05) is 13.2 Å². The standard InChI is InChI=1S/C13H22N2O6/c1-3-21-12(19)5-4-6-14-13(20)15-10(16)7-9(2)8-11(17)18/h9H,3-8H2,1-2H3,(H,17,18)(H2,14,15,16,20). The fourth-order valence-electron chi connectivity index (χ4n) is 1.58. The topological polar surface area (TPSA) is 122 Å². The molecule has 1 atom stereocenters. The number of amides is 3. The number of aliphatic carboxylic acids is 1. The van der Waals surface area contributed by atoms with Crippen LogP contribution in [0.15, 0.2) is 0 Å². The second-order valence-electron chi connectivity index (χ2n) is 4.62. The molecule has 0 aliphatic rings. The minimum atomic E-state index is -0.987. The van der Waals surface area contributed by atoms with Gasteiger partial charge in [-0.25, -0.2) is 4.79 Å². The molecule has 3 amide bonds. The lowest BCUT2D eigenvalue weighted by Crippen LogP contribution is -2.40. The summed E-state index contributed by atoms with van der Waals surface area (Å²) in [6, 6.07) is -0.661. The van der Waals surface area contributed by atoms with Gasteiger partial charge in [0, 0.05) is 25.8 Å². The largest absolute Gasteiger partial charge is 0.481 e. The first kappa shape index (κ1) is 18.9. The van der Waals surface area contributed by atoms with Crippen LogP contribution in [0.4, 0.5) is 4.79 Å². The van der Waals surface area contributed by atoms with E-state index in [2.05, 4.69) is 10.6 Å². The van der Waals surface area contributed by atoms with E-state index in [4.69, 9.17) is 9.84 Å². The number of imide groups is 1. The lowest BCUT2D eigenvalue weighted by Gasteiger charge is -2.09. The van der Waals surface area contributed by atoms with Gasteiger partial charge in [-0.15, -0.1) is 0 Å². The van der Waals surface area contributed by atoms with E-state index < -0.39 is 17.9 Å². The maximum atomic E-state index is 11.4. The number of carbonyl (C=O) groups is 4. The Labute approximate surface area is 123 Å². The number of carboxylic acids is 1. The zero-order valence-corrected chi connectivity index (χ0v) is 12.3. The van der Waals surface area contributed by atoms with E-state index in [9.17, 15) is 19.2 Å². The van der Waals surface area contributed by atoms with E-state index in [1.54, 1.807) is 13.8 Å². The first-order valence-electron chi connectivity index (χ1n) is 6.80. The number of ether oxygens (including phenoxy) is 1. The summed E-state index contributed by atoms with van der Waals surface area (Å²) in [6.45, 7) is 3.88. The van der Waals surface area contributed by atoms with Crippen LogP contribution < -0.4 is 10.6 Å². The van der Waals surface area contributed by atoms with Crippen LogP contribution in [-0.4, -0.2) is 42.1 Å². The quantitative estimate of drug-likeness (QED) is 0.425. The molecule has 0 fully saturated rings. The number of hydrogen-bond donors (Lipinski definition) is 3. The van der Waals surface area contributed by atoms with Gasteiger partial charge in [-0.2, -0.15) is 0 Å². The molecule has 21 heavy (non-hydrogen) atoms. The second-order valence-corrected chi connectivity index (χ2v) is 4.62. The first-order chi connectivity index (χ1) is 9.85. The Morgan fingerprint density at radius 3 is 2.43 bits per heavy atom. The number of carboxylic acid groups (broad SMARTS) is 1. The Morgan fingerprint density at radius 2 is 1.86 bits per heavy atom. The van der Waals surface area contributed by atoms with Crippen LogP contribution >= 0.6 is 0 Å². The summed E-state index contributed by atoms with van der Waals surface area (Å²) in [6.07, 6.45) is 0.435. The lowest BCUT2D eigenvalue weighted by atomic mass is 10.0. The van der Waals surface area contributed by atoms with Gasteiger partial charge in [-0.05, 0) is 19.3 Å². The van der Waals surface area contributed by atoms with Crippen molar-refractivity contribution in [2.45, 2.75) is 39.5 Å². The summed E-state index contributed by atoms with van der Waals surface area (Å²) in [5, 5.41) is 13.1. The molecule has 0 saturated carbocycles. The van der Waals surface area contributed by atoms with Gasteiger partial charge >= 0.3 is 18.0 Å². The predicted octanol–water partition coefficient (Wildman–Crippen LogP) is 0.656. The summed E-state index contributed by atoms with van der Waals surface area (Å²) in [5.41, 5.74) is 0. The van der Waals surface area contributed by atoms with Gasteiger partial charge in [0.2, 0.25) is 5.91 Å². The van der Waals surface area contributed by atoms with E-state index in [1.807, 2.05) is 0 Å². The molecule has 0 aliphatic carbocycles. The molecule has 8 nitrogen and oxygen atoms in total. The lowest BCUT2D eigenvalue weighted by molar-refractivity contribution is -0.143. The second kappa shape index (κ2) is 10.6. The van der Waals surface area contributed by atoms with Gasteiger partial charge < -0.3 is 15.2 Å². The van der Waals surface area contributed by atoms with E-state index in [0.29, 0.717) is 13.0 Å². The third-order valence-corrected chi connectivity index (χ3v) is 2.46. The Morgan fingerprint density at radius 1 is 1.19 bits per heavy atom. The highest BCUT2D eigenvalue weighted by Crippen LogP contribution is 2.06. The highest BCUT2D eigenvalue weighted by molar-refractivity contribution is 5.94. The van der Waals surface area contributed by atoms with E-state index in [0.717, 1.165) is 0 Å². The molecule has 0 aromatic heterocycles. The molecule has 0 rings (SSSR count). The summed E-state index contributed by atoms with van der Waals surface area (Å²) in [5.74, 6) is -2.21. The van der Waals surface area contributed by atoms with Gasteiger partial charge in [-0.3, -0.25) is 19.7 Å². The Balaban J connectivity index is 3.76. The van der Waals surface area contributed by atoms with Crippen molar-refractivity contribution >= 4 is 23.9 Å². The Kier molecular flexibility index (Phi) is 9.57. The third-order valence-electron chi connectivity index (χ3n) is 2.46. The fraction of sp³-hybridized carbons (Fsp3) is 0.692. The fourth-order valence-corrected chi connectivity index (χ4v) is 1.58. The maximum Gasteiger partial charge on any atom is 0.321 e. The van der Waals surface area contributed by atoms with Crippen LogP contribution in [0.2, 0.25) is 0 Å². The maximum absolute atomic E-state index is 11.4. The van der Waals surface area contributed by atoms with Crippen LogP contribution in [0.25, 0.3) is 0 Å². The first-order valence-corrected chi connectivity index (χ1v) is 6.80. The average Bonchev–Trinajstić information content (AvgIpc) is 2.33. The van der Waals surface area contributed by atoms with Gasteiger partial charge in [0.05, 0.1) is 6.61 Å². The minimum Gasteiger partial charge on any atom is -0.481 e. The van der Waals surface area contributed by atoms with E-state index in [-0.39, 0.29) is 37.7 Å².